The molecule has 0 fully saturated rings. The van der Waals surface area contributed by atoms with Crippen LogP contribution < -0.4 is 10.1 Å². The van der Waals surface area contributed by atoms with Gasteiger partial charge < -0.3 is 10.1 Å². The van der Waals surface area contributed by atoms with Crippen LogP contribution in [0.25, 0.3) is 0 Å². The van der Waals surface area contributed by atoms with E-state index in [4.69, 9.17) is 4.74 Å². The van der Waals surface area contributed by atoms with E-state index in [0.717, 1.165) is 21.5 Å². The Labute approximate surface area is 135 Å². The maximum absolute atomic E-state index is 6.12. The zero-order valence-electron chi connectivity index (χ0n) is 13.0. The number of rotatable bonds is 5. The first-order valence-electron chi connectivity index (χ1n) is 7.25. The third-order valence-electron chi connectivity index (χ3n) is 3.62. The Kier molecular flexibility index (Phi) is 5.43. The van der Waals surface area contributed by atoms with Gasteiger partial charge in [-0.25, -0.2) is 0 Å². The predicted octanol–water partition coefficient (Wildman–Crippen LogP) is 5.65. The molecule has 2 aromatic carbocycles. The highest BCUT2D eigenvalue weighted by atomic mass is 79.9. The standard InChI is InChI=1S/C18H22BrNO/c1-12(2)14-6-5-7-16(10-14)21-18-9-8-15(19)11-17(18)13(3)20-4/h5-13,20H,1-4H3. The minimum Gasteiger partial charge on any atom is -0.457 e. The summed E-state index contributed by atoms with van der Waals surface area (Å²) in [4.78, 5) is 0. The molecular formula is C18H22BrNO. The first-order chi connectivity index (χ1) is 10.0. The lowest BCUT2D eigenvalue weighted by Crippen LogP contribution is -2.13. The maximum atomic E-state index is 6.12. The highest BCUT2D eigenvalue weighted by Gasteiger charge is 2.12. The van der Waals surface area contributed by atoms with Crippen LogP contribution in [-0.2, 0) is 0 Å². The summed E-state index contributed by atoms with van der Waals surface area (Å²) in [6.07, 6.45) is 0. The molecule has 0 saturated carbocycles. The van der Waals surface area contributed by atoms with E-state index in [1.165, 1.54) is 5.56 Å². The molecule has 0 heterocycles. The minimum absolute atomic E-state index is 0.228. The van der Waals surface area contributed by atoms with Crippen LogP contribution in [-0.4, -0.2) is 7.05 Å². The van der Waals surface area contributed by atoms with Gasteiger partial charge in [0.25, 0.3) is 0 Å². The van der Waals surface area contributed by atoms with Gasteiger partial charge in [-0.05, 0) is 55.8 Å². The second-order valence-corrected chi connectivity index (χ2v) is 6.44. The summed E-state index contributed by atoms with van der Waals surface area (Å²) in [5.41, 5.74) is 2.43. The number of halogens is 1. The Balaban J connectivity index is 2.33. The number of nitrogens with one attached hydrogen (secondary N) is 1. The van der Waals surface area contributed by atoms with Crippen LogP contribution in [0.3, 0.4) is 0 Å². The molecule has 1 unspecified atom stereocenters. The van der Waals surface area contributed by atoms with Crippen molar-refractivity contribution in [2.45, 2.75) is 32.7 Å². The van der Waals surface area contributed by atoms with E-state index < -0.39 is 0 Å². The van der Waals surface area contributed by atoms with Gasteiger partial charge in [0.1, 0.15) is 11.5 Å². The molecule has 0 aliphatic carbocycles. The average Bonchev–Trinajstić information content (AvgIpc) is 2.48. The molecule has 0 aromatic heterocycles. The van der Waals surface area contributed by atoms with Gasteiger partial charge in [0.05, 0.1) is 0 Å². The van der Waals surface area contributed by atoms with Crippen LogP contribution in [0.2, 0.25) is 0 Å². The first kappa shape index (κ1) is 16.1. The number of hydrogen-bond donors (Lipinski definition) is 1. The zero-order valence-corrected chi connectivity index (χ0v) is 14.6. The molecule has 112 valence electrons. The average molecular weight is 348 g/mol. The monoisotopic (exact) mass is 347 g/mol. The van der Waals surface area contributed by atoms with Crippen LogP contribution in [0.15, 0.2) is 46.9 Å². The summed E-state index contributed by atoms with van der Waals surface area (Å²) in [5.74, 6) is 2.27. The van der Waals surface area contributed by atoms with Crippen LogP contribution in [0, 0.1) is 0 Å². The molecule has 21 heavy (non-hydrogen) atoms. The molecule has 0 radical (unpaired) electrons. The lowest BCUT2D eigenvalue weighted by Gasteiger charge is -2.17. The van der Waals surface area contributed by atoms with Crippen LogP contribution in [0.5, 0.6) is 11.5 Å². The van der Waals surface area contributed by atoms with Crippen molar-refractivity contribution in [2.24, 2.45) is 0 Å². The number of ether oxygens (including phenoxy) is 1. The van der Waals surface area contributed by atoms with Gasteiger partial charge in [-0.15, -0.1) is 0 Å². The largest absolute Gasteiger partial charge is 0.457 e. The van der Waals surface area contributed by atoms with Crippen molar-refractivity contribution >= 4 is 15.9 Å². The molecule has 2 nitrogen and oxygen atoms in total. The summed E-state index contributed by atoms with van der Waals surface area (Å²) in [5, 5.41) is 3.26. The van der Waals surface area contributed by atoms with Crippen LogP contribution in [0.1, 0.15) is 43.9 Å². The second kappa shape index (κ2) is 7.10. The highest BCUT2D eigenvalue weighted by Crippen LogP contribution is 2.32. The lowest BCUT2D eigenvalue weighted by atomic mass is 10.0. The Hall–Kier alpha value is -1.32. The van der Waals surface area contributed by atoms with Gasteiger partial charge in [0.15, 0.2) is 0 Å². The molecule has 2 rings (SSSR count). The molecule has 0 saturated heterocycles. The maximum Gasteiger partial charge on any atom is 0.132 e. The first-order valence-corrected chi connectivity index (χ1v) is 8.05. The van der Waals surface area contributed by atoms with Gasteiger partial charge in [0, 0.05) is 16.1 Å². The van der Waals surface area contributed by atoms with Crippen molar-refractivity contribution in [2.75, 3.05) is 7.05 Å². The predicted molar refractivity (Wildman–Crippen MR) is 92.2 cm³/mol. The fourth-order valence-electron chi connectivity index (χ4n) is 2.17. The third-order valence-corrected chi connectivity index (χ3v) is 4.12. The summed E-state index contributed by atoms with van der Waals surface area (Å²) in [7, 11) is 1.95. The van der Waals surface area contributed by atoms with Gasteiger partial charge in [0.2, 0.25) is 0 Å². The van der Waals surface area contributed by atoms with E-state index >= 15 is 0 Å². The van der Waals surface area contributed by atoms with Crippen molar-refractivity contribution in [3.05, 3.63) is 58.1 Å². The van der Waals surface area contributed by atoms with Crippen LogP contribution in [0.4, 0.5) is 0 Å². The normalized spacial score (nSPS) is 12.5. The van der Waals surface area contributed by atoms with E-state index in [1.54, 1.807) is 0 Å². The molecule has 2 aromatic rings. The Morgan fingerprint density at radius 2 is 1.81 bits per heavy atom. The quantitative estimate of drug-likeness (QED) is 0.754. The summed E-state index contributed by atoms with van der Waals surface area (Å²) in [6.45, 7) is 6.50. The zero-order chi connectivity index (χ0) is 15.4. The van der Waals surface area contributed by atoms with E-state index in [9.17, 15) is 0 Å². The topological polar surface area (TPSA) is 21.3 Å². The molecule has 0 amide bonds. The smallest absolute Gasteiger partial charge is 0.132 e. The van der Waals surface area contributed by atoms with E-state index in [1.807, 2.05) is 31.3 Å². The second-order valence-electron chi connectivity index (χ2n) is 5.52. The third kappa shape index (κ3) is 4.08. The molecule has 0 aliphatic rings. The Bertz CT molecular complexity index is 610. The molecule has 0 aliphatic heterocycles. The number of hydrogen-bond acceptors (Lipinski definition) is 2. The van der Waals surface area contributed by atoms with Crippen molar-refractivity contribution < 1.29 is 4.74 Å². The van der Waals surface area contributed by atoms with E-state index in [2.05, 4.69) is 60.2 Å². The minimum atomic E-state index is 0.228. The summed E-state index contributed by atoms with van der Waals surface area (Å²) >= 11 is 3.53. The molecule has 0 spiro atoms. The molecule has 0 bridgehead atoms. The van der Waals surface area contributed by atoms with Crippen molar-refractivity contribution in [3.8, 4) is 11.5 Å². The fourth-order valence-corrected chi connectivity index (χ4v) is 2.55. The van der Waals surface area contributed by atoms with E-state index in [0.29, 0.717) is 5.92 Å². The van der Waals surface area contributed by atoms with Crippen molar-refractivity contribution in [1.29, 1.82) is 0 Å². The SMILES string of the molecule is CNC(C)c1cc(Br)ccc1Oc1cccc(C(C)C)c1. The van der Waals surface area contributed by atoms with E-state index in [-0.39, 0.29) is 6.04 Å². The van der Waals surface area contributed by atoms with Crippen molar-refractivity contribution in [1.82, 2.24) is 5.32 Å². The molecule has 1 atom stereocenters. The highest BCUT2D eigenvalue weighted by molar-refractivity contribution is 9.10. The molecular weight excluding hydrogens is 326 g/mol. The van der Waals surface area contributed by atoms with Gasteiger partial charge in [-0.3, -0.25) is 0 Å². The summed E-state index contributed by atoms with van der Waals surface area (Å²) < 4.78 is 7.18. The van der Waals surface area contributed by atoms with Gasteiger partial charge >= 0.3 is 0 Å². The molecule has 1 N–H and O–H groups in total. The Morgan fingerprint density at radius 3 is 2.48 bits per heavy atom. The Morgan fingerprint density at radius 1 is 1.05 bits per heavy atom. The van der Waals surface area contributed by atoms with Crippen LogP contribution >= 0.6 is 15.9 Å². The van der Waals surface area contributed by atoms with Crippen molar-refractivity contribution in [3.63, 3.8) is 0 Å². The van der Waals surface area contributed by atoms with Gasteiger partial charge in [-0.2, -0.15) is 0 Å². The summed E-state index contributed by atoms with van der Waals surface area (Å²) in [6, 6.07) is 14.6. The van der Waals surface area contributed by atoms with Gasteiger partial charge in [-0.1, -0.05) is 41.9 Å². The lowest BCUT2D eigenvalue weighted by molar-refractivity contribution is 0.465. The fraction of sp³-hybridized carbons (Fsp3) is 0.333. The number of benzene rings is 2. The molecule has 3 heteroatoms.